The van der Waals surface area contributed by atoms with Crippen molar-refractivity contribution < 1.29 is 0 Å². The molecule has 0 amide bonds. The maximum absolute atomic E-state index is 5.68. The van der Waals surface area contributed by atoms with Gasteiger partial charge in [0.15, 0.2) is 0 Å². The summed E-state index contributed by atoms with van der Waals surface area (Å²) < 4.78 is 0. The minimum absolute atomic E-state index is 0.256. The van der Waals surface area contributed by atoms with Gasteiger partial charge in [-0.3, -0.25) is 0 Å². The molecule has 0 aliphatic carbocycles. The second kappa shape index (κ2) is 4.77. The van der Waals surface area contributed by atoms with Crippen LogP contribution in [0.15, 0.2) is 6.07 Å². The van der Waals surface area contributed by atoms with E-state index in [4.69, 9.17) is 11.5 Å². The van der Waals surface area contributed by atoms with Crippen LogP contribution in [0.4, 0.5) is 17.6 Å². The SMILES string of the molecule is CC(C)C1CCN(c2cc(N)nc(N)n2)CC1. The summed E-state index contributed by atoms with van der Waals surface area (Å²) in [6, 6.07) is 1.80. The monoisotopic (exact) mass is 235 g/mol. The highest BCUT2D eigenvalue weighted by atomic mass is 15.2. The number of aromatic nitrogens is 2. The minimum atomic E-state index is 0.256. The van der Waals surface area contributed by atoms with E-state index < -0.39 is 0 Å². The summed E-state index contributed by atoms with van der Waals surface area (Å²) in [5.74, 6) is 3.14. The first kappa shape index (κ1) is 12.0. The number of hydrogen-bond acceptors (Lipinski definition) is 5. The summed E-state index contributed by atoms with van der Waals surface area (Å²) in [6.45, 7) is 6.64. The van der Waals surface area contributed by atoms with Gasteiger partial charge >= 0.3 is 0 Å². The van der Waals surface area contributed by atoms with Crippen molar-refractivity contribution in [1.29, 1.82) is 0 Å². The summed E-state index contributed by atoms with van der Waals surface area (Å²) in [7, 11) is 0. The third-order valence-electron chi connectivity index (χ3n) is 3.56. The first-order chi connectivity index (χ1) is 8.06. The van der Waals surface area contributed by atoms with Crippen LogP contribution < -0.4 is 16.4 Å². The second-order valence-electron chi connectivity index (χ2n) is 5.08. The average Bonchev–Trinajstić information content (AvgIpc) is 2.28. The van der Waals surface area contributed by atoms with Crippen LogP contribution in [0.5, 0.6) is 0 Å². The van der Waals surface area contributed by atoms with Crippen molar-refractivity contribution in [3.8, 4) is 0 Å². The molecule has 2 heterocycles. The molecular formula is C12H21N5. The molecule has 4 N–H and O–H groups in total. The summed E-state index contributed by atoms with van der Waals surface area (Å²) >= 11 is 0. The molecule has 17 heavy (non-hydrogen) atoms. The molecule has 0 spiro atoms. The molecular weight excluding hydrogens is 214 g/mol. The first-order valence-electron chi connectivity index (χ1n) is 6.21. The van der Waals surface area contributed by atoms with Crippen molar-refractivity contribution >= 4 is 17.6 Å². The maximum Gasteiger partial charge on any atom is 0.223 e. The summed E-state index contributed by atoms with van der Waals surface area (Å²) in [6.07, 6.45) is 2.42. The normalized spacial score (nSPS) is 17.7. The minimum Gasteiger partial charge on any atom is -0.383 e. The fraction of sp³-hybridized carbons (Fsp3) is 0.667. The van der Waals surface area contributed by atoms with E-state index in [2.05, 4.69) is 28.7 Å². The van der Waals surface area contributed by atoms with Gasteiger partial charge in [-0.1, -0.05) is 13.8 Å². The van der Waals surface area contributed by atoms with Crippen LogP contribution in [0.2, 0.25) is 0 Å². The number of nitrogens with zero attached hydrogens (tertiary/aromatic N) is 3. The lowest BCUT2D eigenvalue weighted by atomic mass is 9.87. The lowest BCUT2D eigenvalue weighted by molar-refractivity contribution is 0.310. The summed E-state index contributed by atoms with van der Waals surface area (Å²) in [4.78, 5) is 10.4. The van der Waals surface area contributed by atoms with E-state index in [1.165, 1.54) is 12.8 Å². The van der Waals surface area contributed by atoms with Gasteiger partial charge < -0.3 is 16.4 Å². The fourth-order valence-corrected chi connectivity index (χ4v) is 2.43. The third-order valence-corrected chi connectivity index (χ3v) is 3.56. The quantitative estimate of drug-likeness (QED) is 0.812. The van der Waals surface area contributed by atoms with Gasteiger partial charge in [0.25, 0.3) is 0 Å². The smallest absolute Gasteiger partial charge is 0.223 e. The van der Waals surface area contributed by atoms with Crippen molar-refractivity contribution in [2.24, 2.45) is 11.8 Å². The fourth-order valence-electron chi connectivity index (χ4n) is 2.43. The Morgan fingerprint density at radius 2 is 1.88 bits per heavy atom. The molecule has 0 aromatic carbocycles. The third kappa shape index (κ3) is 2.78. The van der Waals surface area contributed by atoms with Crippen molar-refractivity contribution in [3.63, 3.8) is 0 Å². The van der Waals surface area contributed by atoms with Gasteiger partial charge in [0.1, 0.15) is 11.6 Å². The lowest BCUT2D eigenvalue weighted by Crippen LogP contribution is -2.35. The standard InChI is InChI=1S/C12H21N5/c1-8(2)9-3-5-17(6-4-9)11-7-10(13)15-12(14)16-11/h7-9H,3-6H2,1-2H3,(H4,13,14,15,16). The van der Waals surface area contributed by atoms with Gasteiger partial charge in [-0.15, -0.1) is 0 Å². The van der Waals surface area contributed by atoms with Crippen molar-refractivity contribution in [1.82, 2.24) is 9.97 Å². The van der Waals surface area contributed by atoms with Crippen LogP contribution in [0, 0.1) is 11.8 Å². The predicted octanol–water partition coefficient (Wildman–Crippen LogP) is 1.51. The Morgan fingerprint density at radius 1 is 1.24 bits per heavy atom. The predicted molar refractivity (Wildman–Crippen MR) is 70.6 cm³/mol. The molecule has 2 rings (SSSR count). The largest absolute Gasteiger partial charge is 0.383 e. The Labute approximate surface area is 102 Å². The molecule has 0 saturated carbocycles. The number of hydrogen-bond donors (Lipinski definition) is 2. The molecule has 0 atom stereocenters. The van der Waals surface area contributed by atoms with Crippen LogP contribution in [0.1, 0.15) is 26.7 Å². The van der Waals surface area contributed by atoms with Crippen molar-refractivity contribution in [3.05, 3.63) is 6.07 Å². The number of nitrogen functional groups attached to an aromatic ring is 2. The zero-order valence-corrected chi connectivity index (χ0v) is 10.6. The number of nitrogens with two attached hydrogens (primary N) is 2. The molecule has 5 nitrogen and oxygen atoms in total. The summed E-state index contributed by atoms with van der Waals surface area (Å²) in [5.41, 5.74) is 11.3. The molecule has 5 heteroatoms. The molecule has 0 radical (unpaired) electrons. The van der Waals surface area contributed by atoms with Gasteiger partial charge in [0, 0.05) is 19.2 Å². The number of rotatable bonds is 2. The molecule has 94 valence electrons. The van der Waals surface area contributed by atoms with Crippen LogP contribution in [-0.4, -0.2) is 23.1 Å². The lowest BCUT2D eigenvalue weighted by Gasteiger charge is -2.34. The Hall–Kier alpha value is -1.52. The Balaban J connectivity index is 2.05. The van der Waals surface area contributed by atoms with E-state index >= 15 is 0 Å². The van der Waals surface area contributed by atoms with Gasteiger partial charge in [-0.2, -0.15) is 9.97 Å². The van der Waals surface area contributed by atoms with E-state index in [-0.39, 0.29) is 5.95 Å². The van der Waals surface area contributed by atoms with E-state index in [1.54, 1.807) is 6.07 Å². The highest BCUT2D eigenvalue weighted by Crippen LogP contribution is 2.27. The van der Waals surface area contributed by atoms with Crippen LogP contribution in [0.3, 0.4) is 0 Å². The molecule has 1 saturated heterocycles. The molecule has 0 unspecified atom stereocenters. The molecule has 1 aliphatic heterocycles. The van der Waals surface area contributed by atoms with E-state index in [9.17, 15) is 0 Å². The topological polar surface area (TPSA) is 81.1 Å². The van der Waals surface area contributed by atoms with Gasteiger partial charge in [0.05, 0.1) is 0 Å². The van der Waals surface area contributed by atoms with Crippen LogP contribution in [-0.2, 0) is 0 Å². The highest BCUT2D eigenvalue weighted by molar-refractivity contribution is 5.50. The maximum atomic E-state index is 5.68. The molecule has 1 fully saturated rings. The molecule has 1 aromatic heterocycles. The highest BCUT2D eigenvalue weighted by Gasteiger charge is 2.22. The Kier molecular flexibility index (Phi) is 3.36. The number of piperidine rings is 1. The van der Waals surface area contributed by atoms with Gasteiger partial charge in [-0.05, 0) is 24.7 Å². The van der Waals surface area contributed by atoms with Crippen molar-refractivity contribution in [2.45, 2.75) is 26.7 Å². The zero-order valence-electron chi connectivity index (χ0n) is 10.6. The van der Waals surface area contributed by atoms with Crippen LogP contribution in [0.25, 0.3) is 0 Å². The average molecular weight is 235 g/mol. The molecule has 0 bridgehead atoms. The van der Waals surface area contributed by atoms with Crippen LogP contribution >= 0.6 is 0 Å². The van der Waals surface area contributed by atoms with E-state index in [0.717, 1.165) is 30.7 Å². The summed E-state index contributed by atoms with van der Waals surface area (Å²) in [5, 5.41) is 0. The zero-order chi connectivity index (χ0) is 12.4. The van der Waals surface area contributed by atoms with E-state index in [1.807, 2.05) is 0 Å². The van der Waals surface area contributed by atoms with Gasteiger partial charge in [-0.25, -0.2) is 0 Å². The molecule has 1 aromatic rings. The second-order valence-corrected chi connectivity index (χ2v) is 5.08. The molecule has 1 aliphatic rings. The van der Waals surface area contributed by atoms with Crippen molar-refractivity contribution in [2.75, 3.05) is 29.5 Å². The Bertz CT molecular complexity index is 362. The number of anilines is 3. The first-order valence-corrected chi connectivity index (χ1v) is 6.21. The van der Waals surface area contributed by atoms with E-state index in [0.29, 0.717) is 5.82 Å². The Morgan fingerprint density at radius 3 is 2.41 bits per heavy atom. The van der Waals surface area contributed by atoms with Gasteiger partial charge in [0.2, 0.25) is 5.95 Å².